The minimum atomic E-state index is -0.283. The summed E-state index contributed by atoms with van der Waals surface area (Å²) in [5.74, 6) is -0.0587. The number of rotatable bonds is 3. The van der Waals surface area contributed by atoms with Crippen LogP contribution >= 0.6 is 12.4 Å². The van der Waals surface area contributed by atoms with Crippen LogP contribution in [0.4, 0.5) is 0 Å². The molecule has 0 bridgehead atoms. The summed E-state index contributed by atoms with van der Waals surface area (Å²) in [7, 11) is 0. The van der Waals surface area contributed by atoms with Gasteiger partial charge in [-0.1, -0.05) is 12.1 Å². The molecule has 6 heteroatoms. The second kappa shape index (κ2) is 7.85. The van der Waals surface area contributed by atoms with Crippen molar-refractivity contribution in [2.45, 2.75) is 19.0 Å². The number of nitriles is 1. The molecule has 0 aromatic heterocycles. The molecule has 108 valence electrons. The lowest BCUT2D eigenvalue weighted by Crippen LogP contribution is -2.51. The first-order chi connectivity index (χ1) is 9.20. The van der Waals surface area contributed by atoms with Gasteiger partial charge in [0.2, 0.25) is 5.91 Å². The molecule has 1 aliphatic heterocycles. The van der Waals surface area contributed by atoms with Gasteiger partial charge in [-0.3, -0.25) is 4.79 Å². The summed E-state index contributed by atoms with van der Waals surface area (Å²) in [6, 6.07) is 8.91. The zero-order valence-electron chi connectivity index (χ0n) is 11.3. The maximum Gasteiger partial charge on any atom is 0.240 e. The third-order valence-corrected chi connectivity index (χ3v) is 3.14. The summed E-state index contributed by atoms with van der Waals surface area (Å²) in [4.78, 5) is 12.0. The van der Waals surface area contributed by atoms with Crippen LogP contribution in [0.5, 0.6) is 0 Å². The van der Waals surface area contributed by atoms with E-state index < -0.39 is 0 Å². The zero-order chi connectivity index (χ0) is 13.7. The number of morpholine rings is 1. The van der Waals surface area contributed by atoms with Gasteiger partial charge < -0.3 is 15.4 Å². The van der Waals surface area contributed by atoms with Crippen molar-refractivity contribution in [1.82, 2.24) is 10.6 Å². The topological polar surface area (TPSA) is 74.2 Å². The fourth-order valence-corrected chi connectivity index (χ4v) is 1.98. The number of nitrogens with zero attached hydrogens (tertiary/aromatic N) is 1. The molecule has 20 heavy (non-hydrogen) atoms. The van der Waals surface area contributed by atoms with E-state index in [2.05, 4.69) is 16.7 Å². The molecule has 1 fully saturated rings. The van der Waals surface area contributed by atoms with Crippen LogP contribution in [0.25, 0.3) is 0 Å². The summed E-state index contributed by atoms with van der Waals surface area (Å²) >= 11 is 0. The van der Waals surface area contributed by atoms with E-state index in [1.165, 1.54) is 0 Å². The van der Waals surface area contributed by atoms with Crippen LogP contribution in [-0.2, 0) is 9.53 Å². The van der Waals surface area contributed by atoms with Gasteiger partial charge in [-0.25, -0.2) is 0 Å². The molecule has 0 spiro atoms. The summed E-state index contributed by atoms with van der Waals surface area (Å²) in [6.07, 6.45) is 0. The Morgan fingerprint density at radius 2 is 2.20 bits per heavy atom. The number of nitrogens with one attached hydrogen (secondary N) is 2. The average molecular weight is 296 g/mol. The number of hydrogen-bond donors (Lipinski definition) is 2. The van der Waals surface area contributed by atoms with Crippen molar-refractivity contribution in [1.29, 1.82) is 5.26 Å². The number of carbonyl (C=O) groups is 1. The van der Waals surface area contributed by atoms with Gasteiger partial charge in [-0.15, -0.1) is 12.4 Å². The second-order valence-electron chi connectivity index (χ2n) is 4.55. The van der Waals surface area contributed by atoms with Crippen LogP contribution in [0.2, 0.25) is 0 Å². The van der Waals surface area contributed by atoms with Gasteiger partial charge in [0, 0.05) is 6.54 Å². The van der Waals surface area contributed by atoms with Gasteiger partial charge >= 0.3 is 0 Å². The highest BCUT2D eigenvalue weighted by atomic mass is 35.5. The summed E-state index contributed by atoms with van der Waals surface area (Å²) in [5, 5.41) is 14.8. The van der Waals surface area contributed by atoms with E-state index in [1.807, 2.05) is 19.1 Å². The van der Waals surface area contributed by atoms with Crippen molar-refractivity contribution < 1.29 is 9.53 Å². The van der Waals surface area contributed by atoms with Gasteiger partial charge in [0.15, 0.2) is 0 Å². The van der Waals surface area contributed by atoms with E-state index >= 15 is 0 Å². The minimum absolute atomic E-state index is 0. The molecular formula is C14H18ClN3O2. The molecule has 1 aliphatic rings. The lowest BCUT2D eigenvalue weighted by atomic mass is 10.1. The van der Waals surface area contributed by atoms with Crippen molar-refractivity contribution in [2.75, 3.05) is 19.8 Å². The van der Waals surface area contributed by atoms with E-state index in [0.717, 1.165) is 5.56 Å². The Bertz CT molecular complexity index is 478. The van der Waals surface area contributed by atoms with Gasteiger partial charge in [-0.2, -0.15) is 5.26 Å². The second-order valence-corrected chi connectivity index (χ2v) is 4.55. The number of halogens is 1. The number of ether oxygens (including phenoxy) is 1. The molecule has 1 heterocycles. The Hall–Kier alpha value is -1.61. The van der Waals surface area contributed by atoms with Gasteiger partial charge in [0.05, 0.1) is 30.9 Å². The Morgan fingerprint density at radius 3 is 2.75 bits per heavy atom. The molecule has 5 nitrogen and oxygen atoms in total. The standard InChI is InChI=1S/C14H17N3O2.ClH/c1-10(12-4-2-11(8-15)3-5-12)17-14(18)13-9-19-7-6-16-13;/h2-5,10,13,16H,6-7,9H2,1H3,(H,17,18);1H/t10-,13+;/m0./s1. The molecule has 2 atom stereocenters. The van der Waals surface area contributed by atoms with E-state index in [4.69, 9.17) is 10.00 Å². The lowest BCUT2D eigenvalue weighted by molar-refractivity contribution is -0.126. The van der Waals surface area contributed by atoms with Crippen LogP contribution in [0.3, 0.4) is 0 Å². The normalized spacial score (nSPS) is 19.3. The number of hydrogen-bond acceptors (Lipinski definition) is 4. The van der Waals surface area contributed by atoms with Crippen LogP contribution in [0.15, 0.2) is 24.3 Å². The highest BCUT2D eigenvalue weighted by Gasteiger charge is 2.22. The van der Waals surface area contributed by atoms with Crippen molar-refractivity contribution in [2.24, 2.45) is 0 Å². The van der Waals surface area contributed by atoms with Crippen molar-refractivity contribution >= 4 is 18.3 Å². The predicted molar refractivity (Wildman–Crippen MR) is 77.6 cm³/mol. The monoisotopic (exact) mass is 295 g/mol. The van der Waals surface area contributed by atoms with Gasteiger partial charge in [-0.05, 0) is 24.6 Å². The van der Waals surface area contributed by atoms with Crippen LogP contribution in [0.1, 0.15) is 24.1 Å². The molecule has 0 saturated carbocycles. The lowest BCUT2D eigenvalue weighted by Gasteiger charge is -2.25. The van der Waals surface area contributed by atoms with E-state index in [9.17, 15) is 4.79 Å². The Labute approximate surface area is 124 Å². The first-order valence-electron chi connectivity index (χ1n) is 6.32. The molecule has 0 aliphatic carbocycles. The third-order valence-electron chi connectivity index (χ3n) is 3.14. The van der Waals surface area contributed by atoms with Crippen LogP contribution in [0, 0.1) is 11.3 Å². The smallest absolute Gasteiger partial charge is 0.240 e. The molecule has 2 rings (SSSR count). The van der Waals surface area contributed by atoms with Gasteiger partial charge in [0.1, 0.15) is 6.04 Å². The zero-order valence-corrected chi connectivity index (χ0v) is 12.1. The minimum Gasteiger partial charge on any atom is -0.378 e. The van der Waals surface area contributed by atoms with E-state index in [1.54, 1.807) is 12.1 Å². The first-order valence-corrected chi connectivity index (χ1v) is 6.32. The summed E-state index contributed by atoms with van der Waals surface area (Å²) in [5.41, 5.74) is 1.59. The highest BCUT2D eigenvalue weighted by molar-refractivity contribution is 5.85. The predicted octanol–water partition coefficient (Wildman–Crippen LogP) is 1.15. The maximum atomic E-state index is 12.0. The molecule has 0 unspecified atom stereocenters. The molecule has 1 aromatic carbocycles. The molecule has 1 saturated heterocycles. The third kappa shape index (κ3) is 4.20. The molecule has 1 amide bonds. The van der Waals surface area contributed by atoms with Crippen molar-refractivity contribution in [3.05, 3.63) is 35.4 Å². The van der Waals surface area contributed by atoms with E-state index in [-0.39, 0.29) is 30.4 Å². The number of amides is 1. The highest BCUT2D eigenvalue weighted by Crippen LogP contribution is 2.13. The Kier molecular flexibility index (Phi) is 6.46. The quantitative estimate of drug-likeness (QED) is 0.877. The van der Waals surface area contributed by atoms with Crippen molar-refractivity contribution in [3.8, 4) is 6.07 Å². The number of carbonyl (C=O) groups excluding carboxylic acids is 1. The summed E-state index contributed by atoms with van der Waals surface area (Å²) in [6.45, 7) is 3.67. The molecular weight excluding hydrogens is 278 g/mol. The molecule has 1 aromatic rings. The fraction of sp³-hybridized carbons (Fsp3) is 0.429. The SMILES string of the molecule is C[C@H](NC(=O)[C@H]1COCCN1)c1ccc(C#N)cc1.Cl. The Morgan fingerprint density at radius 1 is 1.50 bits per heavy atom. The average Bonchev–Trinajstić information content (AvgIpc) is 2.48. The summed E-state index contributed by atoms with van der Waals surface area (Å²) < 4.78 is 5.26. The van der Waals surface area contributed by atoms with Crippen LogP contribution in [-0.4, -0.2) is 31.7 Å². The van der Waals surface area contributed by atoms with Crippen LogP contribution < -0.4 is 10.6 Å². The molecule has 0 radical (unpaired) electrons. The van der Waals surface area contributed by atoms with E-state index in [0.29, 0.717) is 25.3 Å². The first kappa shape index (κ1) is 16.4. The molecule has 2 N–H and O–H groups in total. The Balaban J connectivity index is 0.00000200. The number of benzene rings is 1. The maximum absolute atomic E-state index is 12.0. The fourth-order valence-electron chi connectivity index (χ4n) is 1.98. The van der Waals surface area contributed by atoms with Gasteiger partial charge in [0.25, 0.3) is 0 Å². The van der Waals surface area contributed by atoms with Crippen molar-refractivity contribution in [3.63, 3.8) is 0 Å². The largest absolute Gasteiger partial charge is 0.378 e.